The molecule has 1 amide bonds. The molecular weight excluding hydrogens is 238 g/mol. The molecule has 0 fully saturated rings. The highest BCUT2D eigenvalue weighted by atomic mass is 16.1. The van der Waals surface area contributed by atoms with Crippen LogP contribution in [0.3, 0.4) is 0 Å². The molecule has 0 saturated carbocycles. The minimum atomic E-state index is -2.30. The molecule has 1 N–H and O–H groups in total. The lowest BCUT2D eigenvalue weighted by molar-refractivity contribution is -0.114. The topological polar surface area (TPSA) is 46.4 Å². The van der Waals surface area contributed by atoms with Crippen LogP contribution in [-0.4, -0.2) is 22.7 Å². The molecule has 2 heterocycles. The van der Waals surface area contributed by atoms with Crippen LogP contribution >= 0.6 is 0 Å². The first-order valence-electron chi connectivity index (χ1n) is 7.50. The molecule has 3 rings (SSSR count). The largest absolute Gasteiger partial charge is 0.352 e. The van der Waals surface area contributed by atoms with Crippen LogP contribution in [-0.2, 0) is 11.8 Å². The van der Waals surface area contributed by atoms with E-state index in [1.807, 2.05) is 30.3 Å². The summed E-state index contributed by atoms with van der Waals surface area (Å²) in [5.41, 5.74) is 3.19. The fourth-order valence-electron chi connectivity index (χ4n) is 2.25. The number of fused-ring (bicyclic) bond motifs is 1. The molecule has 2 aromatic rings. The van der Waals surface area contributed by atoms with Crippen molar-refractivity contribution in [2.24, 2.45) is 12.0 Å². The van der Waals surface area contributed by atoms with Gasteiger partial charge in [0.05, 0.1) is 11.4 Å². The Kier molecular flexibility index (Phi) is 2.01. The normalized spacial score (nSPS) is 17.4. The Morgan fingerprint density at radius 3 is 2.89 bits per heavy atom. The molecule has 96 valence electrons. The van der Waals surface area contributed by atoms with Crippen LogP contribution in [0.2, 0.25) is 0 Å². The van der Waals surface area contributed by atoms with Crippen molar-refractivity contribution in [2.75, 3.05) is 11.9 Å². The van der Waals surface area contributed by atoms with Crippen molar-refractivity contribution in [1.29, 1.82) is 0 Å². The Bertz CT molecular complexity index is 760. The molecule has 1 aromatic heterocycles. The van der Waals surface area contributed by atoms with Gasteiger partial charge in [0.25, 0.3) is 0 Å². The number of carbonyl (C=O) groups excluding carboxylic acids is 1. The van der Waals surface area contributed by atoms with E-state index in [-0.39, 0.29) is 12.5 Å². The van der Waals surface area contributed by atoms with E-state index in [1.165, 1.54) is 10.8 Å². The highest BCUT2D eigenvalue weighted by Gasteiger charge is 2.22. The second kappa shape index (κ2) is 4.39. The van der Waals surface area contributed by atoms with Crippen LogP contribution in [0.5, 0.6) is 0 Å². The maximum Gasteiger partial charge on any atom is 0.246 e. The average molecular weight is 256 g/mol. The summed E-state index contributed by atoms with van der Waals surface area (Å²) in [6.07, 6.45) is 1.46. The fraction of sp³-hybridized carbons (Fsp3) is 0.200. The van der Waals surface area contributed by atoms with Crippen LogP contribution < -0.4 is 5.32 Å². The number of hydrogen-bond acceptors (Lipinski definition) is 2. The zero-order valence-corrected chi connectivity index (χ0v) is 10.5. The first-order valence-corrected chi connectivity index (χ1v) is 6.00. The zero-order valence-electron chi connectivity index (χ0n) is 13.5. The number of aromatic nitrogens is 1. The first kappa shape index (κ1) is 8.69. The van der Waals surface area contributed by atoms with Gasteiger partial charge in [-0.2, -0.15) is 0 Å². The predicted octanol–water partition coefficient (Wildman–Crippen LogP) is 2.12. The Morgan fingerprint density at radius 1 is 1.37 bits per heavy atom. The van der Waals surface area contributed by atoms with Crippen LogP contribution in [0, 0.1) is 6.92 Å². The molecule has 0 unspecified atom stereocenters. The van der Waals surface area contributed by atoms with E-state index in [1.54, 1.807) is 6.92 Å². The third-order valence-electron chi connectivity index (χ3n) is 3.19. The lowest BCUT2D eigenvalue weighted by Gasteiger charge is -2.07. The van der Waals surface area contributed by atoms with Crippen LogP contribution in [0.1, 0.15) is 20.9 Å². The van der Waals surface area contributed by atoms with Gasteiger partial charge in [-0.05, 0) is 6.92 Å². The molecule has 0 saturated heterocycles. The van der Waals surface area contributed by atoms with Gasteiger partial charge in [0.15, 0.2) is 0 Å². The van der Waals surface area contributed by atoms with Crippen molar-refractivity contribution < 1.29 is 8.91 Å². The van der Waals surface area contributed by atoms with Crippen molar-refractivity contribution in [3.8, 4) is 0 Å². The van der Waals surface area contributed by atoms with E-state index in [2.05, 4.69) is 10.3 Å². The monoisotopic (exact) mass is 256 g/mol. The Labute approximate surface area is 116 Å². The van der Waals surface area contributed by atoms with Gasteiger partial charge in [-0.15, -0.1) is 0 Å². The molecule has 1 aliphatic rings. The standard InChI is InChI=1S/C15H15N3O/c1-10-14-12(9-18(10)2)17-13(19)8-16-15(14)11-6-4-3-5-7-11/h3-7,9H,8H2,1-2H3,(H,17,19)/i2D3. The van der Waals surface area contributed by atoms with Crippen LogP contribution in [0.25, 0.3) is 0 Å². The number of rotatable bonds is 1. The minimum Gasteiger partial charge on any atom is -0.352 e. The molecule has 0 spiro atoms. The molecule has 0 bridgehead atoms. The van der Waals surface area contributed by atoms with Crippen molar-refractivity contribution >= 4 is 17.3 Å². The second-order valence-corrected chi connectivity index (χ2v) is 4.45. The molecular formula is C15H15N3O. The van der Waals surface area contributed by atoms with Crippen molar-refractivity contribution in [1.82, 2.24) is 4.57 Å². The van der Waals surface area contributed by atoms with Gasteiger partial charge in [0, 0.05) is 34.1 Å². The Hall–Kier alpha value is -2.36. The smallest absolute Gasteiger partial charge is 0.246 e. The molecule has 1 aliphatic heterocycles. The fourth-order valence-corrected chi connectivity index (χ4v) is 2.25. The summed E-state index contributed by atoms with van der Waals surface area (Å²) in [5, 5.41) is 2.73. The number of benzene rings is 1. The SMILES string of the molecule is [2H]C([2H])([2H])n1cc2c(c1C)C(c1ccccc1)=NCC(=O)N2. The number of carbonyl (C=O) groups is 1. The first-order chi connectivity index (χ1) is 10.4. The minimum absolute atomic E-state index is 0.0200. The van der Waals surface area contributed by atoms with E-state index < -0.39 is 6.98 Å². The van der Waals surface area contributed by atoms with Gasteiger partial charge in [-0.3, -0.25) is 9.79 Å². The van der Waals surface area contributed by atoms with Gasteiger partial charge < -0.3 is 9.88 Å². The van der Waals surface area contributed by atoms with Crippen LogP contribution in [0.4, 0.5) is 5.69 Å². The number of aliphatic imine (C=N–C) groups is 1. The summed E-state index contributed by atoms with van der Waals surface area (Å²) >= 11 is 0. The molecule has 0 radical (unpaired) electrons. The highest BCUT2D eigenvalue weighted by molar-refractivity contribution is 6.19. The lowest BCUT2D eigenvalue weighted by Crippen LogP contribution is -2.13. The lowest BCUT2D eigenvalue weighted by atomic mass is 10.0. The summed E-state index contributed by atoms with van der Waals surface area (Å²) in [6, 6.07) is 9.45. The van der Waals surface area contributed by atoms with Gasteiger partial charge in [-0.25, -0.2) is 0 Å². The maximum atomic E-state index is 11.8. The van der Waals surface area contributed by atoms with E-state index in [9.17, 15) is 4.79 Å². The molecule has 4 nitrogen and oxygen atoms in total. The van der Waals surface area contributed by atoms with Crippen molar-refractivity contribution in [3.05, 3.63) is 53.3 Å². The number of anilines is 1. The third kappa shape index (κ3) is 1.95. The zero-order chi connectivity index (χ0) is 15.9. The van der Waals surface area contributed by atoms with E-state index in [0.29, 0.717) is 22.7 Å². The van der Waals surface area contributed by atoms with Gasteiger partial charge in [0.1, 0.15) is 6.54 Å². The molecule has 0 aliphatic carbocycles. The molecule has 4 heteroatoms. The maximum absolute atomic E-state index is 11.8. The number of aryl methyl sites for hydroxylation is 1. The van der Waals surface area contributed by atoms with Gasteiger partial charge in [0.2, 0.25) is 5.91 Å². The van der Waals surface area contributed by atoms with E-state index in [4.69, 9.17) is 4.11 Å². The summed E-state index contributed by atoms with van der Waals surface area (Å²) in [7, 11) is 0. The predicted molar refractivity (Wildman–Crippen MR) is 75.7 cm³/mol. The van der Waals surface area contributed by atoms with Gasteiger partial charge >= 0.3 is 0 Å². The van der Waals surface area contributed by atoms with Crippen molar-refractivity contribution in [3.63, 3.8) is 0 Å². The molecule has 19 heavy (non-hydrogen) atoms. The summed E-state index contributed by atoms with van der Waals surface area (Å²) < 4.78 is 24.0. The third-order valence-corrected chi connectivity index (χ3v) is 3.19. The van der Waals surface area contributed by atoms with E-state index >= 15 is 0 Å². The Morgan fingerprint density at radius 2 is 2.16 bits per heavy atom. The number of nitrogens with one attached hydrogen (secondary N) is 1. The quantitative estimate of drug-likeness (QED) is 0.834. The molecule has 0 atom stereocenters. The summed E-state index contributed by atoms with van der Waals surface area (Å²) in [4.78, 5) is 16.2. The second-order valence-electron chi connectivity index (χ2n) is 4.45. The number of hydrogen-bond donors (Lipinski definition) is 1. The van der Waals surface area contributed by atoms with E-state index in [0.717, 1.165) is 5.56 Å². The van der Waals surface area contributed by atoms with Gasteiger partial charge in [-0.1, -0.05) is 30.3 Å². The number of amides is 1. The van der Waals surface area contributed by atoms with Crippen molar-refractivity contribution in [2.45, 2.75) is 6.92 Å². The summed E-state index contributed by atoms with van der Waals surface area (Å²) in [6.45, 7) is -0.559. The van der Waals surface area contributed by atoms with Crippen LogP contribution in [0.15, 0.2) is 41.5 Å². The average Bonchev–Trinajstić information content (AvgIpc) is 2.68. The number of nitrogens with zero attached hydrogens (tertiary/aromatic N) is 2. The molecule has 1 aromatic carbocycles. The summed E-state index contributed by atoms with van der Waals surface area (Å²) in [5.74, 6) is -0.255. The highest BCUT2D eigenvalue weighted by Crippen LogP contribution is 2.27. The Balaban J connectivity index is 2.24.